The van der Waals surface area contributed by atoms with Crippen molar-refractivity contribution in [1.82, 2.24) is 29.8 Å². The van der Waals surface area contributed by atoms with Crippen LogP contribution in [0.1, 0.15) is 74.7 Å². The molecule has 7 rings (SSSR count). The lowest BCUT2D eigenvalue weighted by Crippen LogP contribution is -2.18. The summed E-state index contributed by atoms with van der Waals surface area (Å²) < 4.78 is 2.94. The van der Waals surface area contributed by atoms with Crippen molar-refractivity contribution in [3.8, 4) is 17.5 Å². The number of nitriles is 1. The summed E-state index contributed by atoms with van der Waals surface area (Å²) in [5, 5.41) is 49.8. The van der Waals surface area contributed by atoms with Gasteiger partial charge in [0.1, 0.15) is 0 Å². The lowest BCUT2D eigenvalue weighted by molar-refractivity contribution is 0.317. The van der Waals surface area contributed by atoms with Gasteiger partial charge >= 0.3 is 0 Å². The molecule has 0 aliphatic carbocycles. The maximum absolute atomic E-state index is 11.8. The molecule has 4 aromatic carbocycles. The molecule has 13 heteroatoms. The van der Waals surface area contributed by atoms with Gasteiger partial charge in [-0.05, 0) is 76.7 Å². The van der Waals surface area contributed by atoms with Crippen LogP contribution in [0.5, 0.6) is 0 Å². The molecule has 0 unspecified atom stereocenters. The van der Waals surface area contributed by atoms with E-state index in [1.165, 1.54) is 21.3 Å². The van der Waals surface area contributed by atoms with E-state index in [0.29, 0.717) is 46.8 Å². The number of nitrogens with zero attached hydrogens (tertiary/aromatic N) is 8. The van der Waals surface area contributed by atoms with Gasteiger partial charge in [0.15, 0.2) is 0 Å². The Morgan fingerprint density at radius 3 is 1.53 bits per heavy atom. The average molecular weight is 786 g/mol. The normalized spacial score (nSPS) is 12.5. The van der Waals surface area contributed by atoms with Crippen LogP contribution >= 0.6 is 0 Å². The Bertz CT molecular complexity index is 2750. The maximum Gasteiger partial charge on any atom is 0.250 e. The van der Waals surface area contributed by atoms with Gasteiger partial charge in [-0.3, -0.25) is 9.59 Å². The first-order chi connectivity index (χ1) is 28.6. The molecule has 3 heterocycles. The van der Waals surface area contributed by atoms with Gasteiger partial charge in [-0.25, -0.2) is 0 Å². The Kier molecular flexibility index (Phi) is 13.1. The smallest absolute Gasteiger partial charge is 0.250 e. The molecule has 7 aromatic rings. The van der Waals surface area contributed by atoms with Crippen molar-refractivity contribution in [2.45, 2.75) is 38.5 Å². The topological polar surface area (TPSA) is 187 Å². The van der Waals surface area contributed by atoms with Crippen LogP contribution in [0, 0.1) is 25.2 Å². The number of H-pyrrole nitrogens is 1. The molecule has 0 aliphatic rings. The minimum absolute atomic E-state index is 0.0522. The summed E-state index contributed by atoms with van der Waals surface area (Å²) in [6.07, 6.45) is 4.27. The van der Waals surface area contributed by atoms with Gasteiger partial charge < -0.3 is 19.5 Å². The third kappa shape index (κ3) is 9.81. The van der Waals surface area contributed by atoms with Crippen LogP contribution in [0.3, 0.4) is 0 Å². The second-order valence-electron chi connectivity index (χ2n) is 14.1. The van der Waals surface area contributed by atoms with Crippen molar-refractivity contribution < 1.29 is 10.4 Å². The standard InChI is InChI=1S/C23H22N6O2.C23H21N3O2/c1-15-5-3-4-6-19(15)20(13-21(26-31)18-11-12-22(30)29(2)14-18)16-7-9-17(10-8-16)23-24-27-28-25-23;1-16-5-3-4-6-20(16)21(18-9-7-17(14-24)8-10-18)13-22(25-28)19-11-12-23(27)26(2)15-19/h3-12,14,20,31H,13H2,1-2H3,(H,24,25,27,28);3-12,15,21,28H,13H2,1-2H3/t20-;21-/m11/s1. The van der Waals surface area contributed by atoms with E-state index in [1.54, 1.807) is 50.8 Å². The predicted octanol–water partition coefficient (Wildman–Crippen LogP) is 7.24. The number of tetrazole rings is 1. The Labute approximate surface area is 340 Å². The summed E-state index contributed by atoms with van der Waals surface area (Å²) in [7, 11) is 3.34. The number of aromatic nitrogens is 6. The van der Waals surface area contributed by atoms with E-state index in [2.05, 4.69) is 62.1 Å². The average Bonchev–Trinajstić information content (AvgIpc) is 3.81. The summed E-state index contributed by atoms with van der Waals surface area (Å²) in [4.78, 5) is 23.5. The third-order valence-electron chi connectivity index (χ3n) is 10.4. The minimum atomic E-state index is -0.122. The van der Waals surface area contributed by atoms with E-state index >= 15 is 0 Å². The molecule has 0 spiro atoms. The first-order valence-electron chi connectivity index (χ1n) is 18.8. The molecular weight excluding hydrogens is 743 g/mol. The van der Waals surface area contributed by atoms with Gasteiger partial charge in [0.2, 0.25) is 16.9 Å². The van der Waals surface area contributed by atoms with Crippen LogP contribution in [0.15, 0.2) is 154 Å². The zero-order valence-electron chi connectivity index (χ0n) is 33.1. The molecule has 296 valence electrons. The van der Waals surface area contributed by atoms with Crippen LogP contribution in [0.2, 0.25) is 0 Å². The van der Waals surface area contributed by atoms with Gasteiger partial charge in [0.05, 0.1) is 23.1 Å². The number of hydrogen-bond donors (Lipinski definition) is 3. The van der Waals surface area contributed by atoms with Gasteiger partial charge in [0.25, 0.3) is 0 Å². The van der Waals surface area contributed by atoms with Crippen molar-refractivity contribution in [3.63, 3.8) is 0 Å². The molecule has 0 saturated carbocycles. The summed E-state index contributed by atoms with van der Waals surface area (Å²) in [6, 6.07) is 40.1. The molecule has 2 atom stereocenters. The van der Waals surface area contributed by atoms with E-state index in [9.17, 15) is 20.0 Å². The molecule has 59 heavy (non-hydrogen) atoms. The van der Waals surface area contributed by atoms with Gasteiger partial charge in [0, 0.05) is 80.0 Å². The van der Waals surface area contributed by atoms with Crippen LogP contribution in [0.4, 0.5) is 0 Å². The van der Waals surface area contributed by atoms with Crippen LogP contribution < -0.4 is 11.1 Å². The SMILES string of the molecule is Cc1ccccc1[C@H](CC(=NO)c1ccc(=O)n(C)c1)c1ccc(-c2nn[nH]n2)cc1.Cc1ccccc1[C@H](CC(=NO)c1ccc(=O)n(C)c1)c1ccc(C#N)cc1. The molecule has 0 amide bonds. The van der Waals surface area contributed by atoms with Crippen molar-refractivity contribution in [2.75, 3.05) is 0 Å². The number of aryl methyl sites for hydroxylation is 4. The number of aromatic amines is 1. The van der Waals surface area contributed by atoms with Crippen LogP contribution in [-0.4, -0.2) is 51.6 Å². The highest BCUT2D eigenvalue weighted by Crippen LogP contribution is 2.34. The number of oxime groups is 2. The fourth-order valence-corrected chi connectivity index (χ4v) is 7.06. The zero-order valence-corrected chi connectivity index (χ0v) is 33.1. The zero-order chi connectivity index (χ0) is 41.9. The monoisotopic (exact) mass is 785 g/mol. The second kappa shape index (κ2) is 18.9. The number of nitrogens with one attached hydrogen (secondary N) is 1. The molecule has 13 nitrogen and oxygen atoms in total. The van der Waals surface area contributed by atoms with E-state index in [-0.39, 0.29) is 23.0 Å². The maximum atomic E-state index is 11.8. The Balaban J connectivity index is 0.000000199. The lowest BCUT2D eigenvalue weighted by Gasteiger charge is -2.21. The van der Waals surface area contributed by atoms with Crippen molar-refractivity contribution in [2.24, 2.45) is 24.4 Å². The predicted molar refractivity (Wildman–Crippen MR) is 226 cm³/mol. The number of pyridine rings is 2. The van der Waals surface area contributed by atoms with E-state index in [4.69, 9.17) is 5.26 Å². The second-order valence-corrected chi connectivity index (χ2v) is 14.1. The highest BCUT2D eigenvalue weighted by Gasteiger charge is 2.22. The molecular formula is C46H43N9O4. The van der Waals surface area contributed by atoms with E-state index in [0.717, 1.165) is 38.9 Å². The fraction of sp³-hybridized carbons (Fsp3) is 0.174. The summed E-state index contributed by atoms with van der Waals surface area (Å²) in [6.45, 7) is 4.12. The lowest BCUT2D eigenvalue weighted by atomic mass is 9.83. The van der Waals surface area contributed by atoms with Crippen molar-refractivity contribution >= 4 is 11.4 Å². The van der Waals surface area contributed by atoms with Crippen molar-refractivity contribution in [1.29, 1.82) is 5.26 Å². The van der Waals surface area contributed by atoms with Crippen molar-refractivity contribution in [3.05, 3.63) is 204 Å². The number of hydrogen-bond acceptors (Lipinski definition) is 10. The Morgan fingerprint density at radius 1 is 0.678 bits per heavy atom. The first kappa shape index (κ1) is 40.9. The largest absolute Gasteiger partial charge is 0.411 e. The highest BCUT2D eigenvalue weighted by molar-refractivity contribution is 6.01. The van der Waals surface area contributed by atoms with Gasteiger partial charge in [-0.1, -0.05) is 95.2 Å². The molecule has 0 saturated heterocycles. The molecule has 0 radical (unpaired) electrons. The Hall–Kier alpha value is -7.72. The molecule has 0 fully saturated rings. The highest BCUT2D eigenvalue weighted by atomic mass is 16.4. The summed E-state index contributed by atoms with van der Waals surface area (Å²) >= 11 is 0. The molecule has 0 bridgehead atoms. The van der Waals surface area contributed by atoms with E-state index < -0.39 is 0 Å². The van der Waals surface area contributed by atoms with Crippen LogP contribution in [0.25, 0.3) is 11.4 Å². The van der Waals surface area contributed by atoms with Gasteiger partial charge in [-0.15, -0.1) is 10.2 Å². The minimum Gasteiger partial charge on any atom is -0.411 e. The number of benzene rings is 4. The molecule has 3 aromatic heterocycles. The van der Waals surface area contributed by atoms with Gasteiger partial charge in [-0.2, -0.15) is 10.5 Å². The van der Waals surface area contributed by atoms with Crippen LogP contribution in [-0.2, 0) is 14.1 Å². The molecule has 0 aliphatic heterocycles. The summed E-state index contributed by atoms with van der Waals surface area (Å²) in [5.74, 6) is 0.419. The third-order valence-corrected chi connectivity index (χ3v) is 10.4. The first-order valence-corrected chi connectivity index (χ1v) is 18.8. The number of rotatable bonds is 11. The Morgan fingerprint density at radius 2 is 1.14 bits per heavy atom. The fourth-order valence-electron chi connectivity index (χ4n) is 7.06. The summed E-state index contributed by atoms with van der Waals surface area (Å²) in [5.41, 5.74) is 10.2. The quantitative estimate of drug-likeness (QED) is 0.0695. The van der Waals surface area contributed by atoms with E-state index in [1.807, 2.05) is 73.7 Å². The molecule has 3 N–H and O–H groups in total.